The summed E-state index contributed by atoms with van der Waals surface area (Å²) in [5, 5.41) is 13.7. The van der Waals surface area contributed by atoms with Crippen LogP contribution in [0, 0.1) is 0 Å². The van der Waals surface area contributed by atoms with Crippen molar-refractivity contribution in [3.63, 3.8) is 0 Å². The molecule has 2 rings (SSSR count). The molecule has 1 fully saturated rings. The van der Waals surface area contributed by atoms with Gasteiger partial charge < -0.3 is 16.2 Å². The van der Waals surface area contributed by atoms with Gasteiger partial charge in [0.15, 0.2) is 0 Å². The van der Waals surface area contributed by atoms with Crippen molar-refractivity contribution in [3.8, 4) is 5.75 Å². The van der Waals surface area contributed by atoms with E-state index in [0.29, 0.717) is 5.69 Å². The Morgan fingerprint density at radius 1 is 1.33 bits per heavy atom. The summed E-state index contributed by atoms with van der Waals surface area (Å²) in [6, 6.07) is 3.89. The lowest BCUT2D eigenvalue weighted by Gasteiger charge is -2.36. The number of nitrogens with two attached hydrogens (primary N) is 1. The largest absolute Gasteiger partial charge is 0.505 e. The lowest BCUT2D eigenvalue weighted by atomic mass is 9.98. The number of rotatable bonds is 4. The number of nitrogens with zero attached hydrogens (tertiary/aromatic N) is 1. The van der Waals surface area contributed by atoms with Crippen molar-refractivity contribution in [3.05, 3.63) is 22.2 Å². The second-order valence-electron chi connectivity index (χ2n) is 4.99. The topological polar surface area (TPSA) is 61.5 Å². The van der Waals surface area contributed by atoms with Gasteiger partial charge in [-0.3, -0.25) is 4.90 Å². The molecule has 4 nitrogen and oxygen atoms in total. The van der Waals surface area contributed by atoms with Crippen LogP contribution in [0.2, 0.25) is 0 Å². The molecule has 21 heavy (non-hydrogen) atoms. The smallest absolute Gasteiger partial charge is 0.144 e. The zero-order chi connectivity index (χ0) is 13.8. The summed E-state index contributed by atoms with van der Waals surface area (Å²) in [5.74, 6) is 0.228. The highest BCUT2D eigenvalue weighted by atomic mass is 79.9. The van der Waals surface area contributed by atoms with Crippen LogP contribution in [0.4, 0.5) is 5.69 Å². The first-order chi connectivity index (χ1) is 9.15. The Balaban J connectivity index is 0.00000200. The quantitative estimate of drug-likeness (QED) is 0.535. The van der Waals surface area contributed by atoms with E-state index in [1.54, 1.807) is 6.07 Å². The van der Waals surface area contributed by atoms with E-state index in [4.69, 9.17) is 5.73 Å². The maximum Gasteiger partial charge on any atom is 0.144 e. The Hall–Kier alpha value is -0.200. The molecule has 0 aromatic heterocycles. The standard InChI is InChI=1S/C14H22BrN3O.2ClH/c1-2-3-12(18-8-6-17-7-9-18)13-10(15)4-5-11(16)14(13)19;;/h4-5,12,17,19H,2-3,6-9,16H2,1H3;2*1H/t12-;;/m1../s1. The minimum Gasteiger partial charge on any atom is -0.505 e. The van der Waals surface area contributed by atoms with Gasteiger partial charge in [0.05, 0.1) is 5.69 Å². The van der Waals surface area contributed by atoms with Gasteiger partial charge in [-0.05, 0) is 18.6 Å². The van der Waals surface area contributed by atoms with Crippen LogP contribution in [0.1, 0.15) is 31.4 Å². The Kier molecular flexibility index (Phi) is 9.65. The van der Waals surface area contributed by atoms with Gasteiger partial charge in [-0.15, -0.1) is 24.8 Å². The van der Waals surface area contributed by atoms with Crippen molar-refractivity contribution in [1.82, 2.24) is 10.2 Å². The van der Waals surface area contributed by atoms with E-state index in [-0.39, 0.29) is 36.6 Å². The van der Waals surface area contributed by atoms with Crippen molar-refractivity contribution in [1.29, 1.82) is 0 Å². The molecule has 0 saturated carbocycles. The van der Waals surface area contributed by atoms with Gasteiger partial charge >= 0.3 is 0 Å². The van der Waals surface area contributed by atoms with Crippen LogP contribution in [-0.4, -0.2) is 36.2 Å². The first-order valence-corrected chi connectivity index (χ1v) is 7.66. The highest BCUT2D eigenvalue weighted by Gasteiger charge is 2.26. The van der Waals surface area contributed by atoms with E-state index in [1.165, 1.54) is 0 Å². The second-order valence-corrected chi connectivity index (χ2v) is 5.84. The van der Waals surface area contributed by atoms with Crippen LogP contribution >= 0.6 is 40.7 Å². The molecule has 1 aliphatic heterocycles. The molecule has 0 radical (unpaired) electrons. The molecule has 1 saturated heterocycles. The fourth-order valence-electron chi connectivity index (χ4n) is 2.69. The number of hydrogen-bond acceptors (Lipinski definition) is 4. The number of piperazine rings is 1. The number of halogens is 3. The molecule has 0 bridgehead atoms. The van der Waals surface area contributed by atoms with Gasteiger partial charge in [-0.25, -0.2) is 0 Å². The van der Waals surface area contributed by atoms with Crippen LogP contribution in [0.25, 0.3) is 0 Å². The molecule has 0 spiro atoms. The molecule has 1 atom stereocenters. The molecule has 0 aliphatic carbocycles. The zero-order valence-corrected chi connectivity index (χ0v) is 15.4. The maximum absolute atomic E-state index is 10.3. The predicted octanol–water partition coefficient (Wildman–Crippen LogP) is 3.33. The number of nitrogens with one attached hydrogen (secondary N) is 1. The highest BCUT2D eigenvalue weighted by molar-refractivity contribution is 9.10. The second kappa shape index (κ2) is 9.74. The summed E-state index contributed by atoms with van der Waals surface area (Å²) < 4.78 is 0.941. The lowest BCUT2D eigenvalue weighted by Crippen LogP contribution is -2.45. The van der Waals surface area contributed by atoms with Crippen molar-refractivity contribution in [2.75, 3.05) is 31.9 Å². The minimum absolute atomic E-state index is 0. The van der Waals surface area contributed by atoms with Gasteiger partial charge in [0.25, 0.3) is 0 Å². The SMILES string of the molecule is CCC[C@H](c1c(Br)ccc(N)c1O)N1CCNCC1.Cl.Cl. The van der Waals surface area contributed by atoms with Crippen LogP contribution in [0.15, 0.2) is 16.6 Å². The summed E-state index contributed by atoms with van der Waals surface area (Å²) >= 11 is 3.56. The molecule has 1 heterocycles. The molecule has 7 heteroatoms. The Labute approximate surface area is 147 Å². The van der Waals surface area contributed by atoms with Gasteiger partial charge in [0.2, 0.25) is 0 Å². The molecule has 1 aliphatic rings. The Morgan fingerprint density at radius 3 is 2.52 bits per heavy atom. The summed E-state index contributed by atoms with van der Waals surface area (Å²) in [5.41, 5.74) is 7.24. The third-order valence-corrected chi connectivity index (χ3v) is 4.37. The highest BCUT2D eigenvalue weighted by Crippen LogP contribution is 2.40. The van der Waals surface area contributed by atoms with E-state index in [9.17, 15) is 5.11 Å². The maximum atomic E-state index is 10.3. The fraction of sp³-hybridized carbons (Fsp3) is 0.571. The van der Waals surface area contributed by atoms with E-state index in [2.05, 4.69) is 33.1 Å². The average Bonchev–Trinajstić information content (AvgIpc) is 2.43. The molecule has 1 aromatic rings. The van der Waals surface area contributed by atoms with Crippen LogP contribution in [0.5, 0.6) is 5.75 Å². The number of phenolic OH excluding ortho intramolecular Hbond substituents is 1. The average molecular weight is 401 g/mol. The molecule has 0 unspecified atom stereocenters. The number of hydrogen-bond donors (Lipinski definition) is 3. The van der Waals surface area contributed by atoms with Gasteiger partial charge in [-0.1, -0.05) is 29.3 Å². The van der Waals surface area contributed by atoms with Gasteiger partial charge in [0.1, 0.15) is 5.75 Å². The number of phenols is 1. The van der Waals surface area contributed by atoms with Crippen LogP contribution < -0.4 is 11.1 Å². The number of anilines is 1. The van der Waals surface area contributed by atoms with Crippen LogP contribution in [-0.2, 0) is 0 Å². The van der Waals surface area contributed by atoms with E-state index in [1.807, 2.05) is 6.07 Å². The molecular weight excluding hydrogens is 377 g/mol. The first kappa shape index (κ1) is 20.8. The van der Waals surface area contributed by atoms with Crippen molar-refractivity contribution in [2.24, 2.45) is 0 Å². The molecule has 0 amide bonds. The zero-order valence-electron chi connectivity index (χ0n) is 12.1. The number of benzene rings is 1. The number of nitrogen functional groups attached to an aromatic ring is 1. The first-order valence-electron chi connectivity index (χ1n) is 6.86. The summed E-state index contributed by atoms with van der Waals surface area (Å²) in [6.45, 7) is 6.19. The third kappa shape index (κ3) is 4.89. The number of aromatic hydroxyl groups is 1. The van der Waals surface area contributed by atoms with E-state index >= 15 is 0 Å². The van der Waals surface area contributed by atoms with Crippen molar-refractivity contribution >= 4 is 46.4 Å². The van der Waals surface area contributed by atoms with E-state index < -0.39 is 0 Å². The molecular formula is C14H24BrCl2N3O. The normalized spacial score (nSPS) is 16.7. The summed E-state index contributed by atoms with van der Waals surface area (Å²) in [7, 11) is 0. The van der Waals surface area contributed by atoms with Gasteiger partial charge in [-0.2, -0.15) is 0 Å². The lowest BCUT2D eigenvalue weighted by molar-refractivity contribution is 0.161. The van der Waals surface area contributed by atoms with E-state index in [0.717, 1.165) is 49.1 Å². The third-order valence-electron chi connectivity index (χ3n) is 3.68. The predicted molar refractivity (Wildman–Crippen MR) is 96.8 cm³/mol. The Morgan fingerprint density at radius 2 is 1.95 bits per heavy atom. The fourth-order valence-corrected chi connectivity index (χ4v) is 3.28. The molecule has 122 valence electrons. The van der Waals surface area contributed by atoms with Crippen molar-refractivity contribution < 1.29 is 5.11 Å². The van der Waals surface area contributed by atoms with Gasteiger partial charge in [0, 0.05) is 42.3 Å². The van der Waals surface area contributed by atoms with Crippen LogP contribution in [0.3, 0.4) is 0 Å². The monoisotopic (exact) mass is 399 g/mol. The summed E-state index contributed by atoms with van der Waals surface area (Å²) in [4.78, 5) is 2.43. The summed E-state index contributed by atoms with van der Waals surface area (Å²) in [6.07, 6.45) is 2.10. The van der Waals surface area contributed by atoms with Crippen molar-refractivity contribution in [2.45, 2.75) is 25.8 Å². The Bertz CT molecular complexity index is 442. The molecule has 1 aromatic carbocycles. The molecule has 4 N–H and O–H groups in total. The minimum atomic E-state index is 0.